The molecule has 7 heteroatoms. The van der Waals surface area contributed by atoms with Gasteiger partial charge in [0.1, 0.15) is 5.82 Å². The number of aryl methyl sites for hydroxylation is 1. The van der Waals surface area contributed by atoms with E-state index >= 15 is 0 Å². The van der Waals surface area contributed by atoms with Crippen molar-refractivity contribution in [2.24, 2.45) is 0 Å². The summed E-state index contributed by atoms with van der Waals surface area (Å²) in [5, 5.41) is 10.0. The van der Waals surface area contributed by atoms with Gasteiger partial charge in [-0.3, -0.25) is 5.10 Å². The van der Waals surface area contributed by atoms with E-state index in [0.29, 0.717) is 23.2 Å². The lowest BCUT2D eigenvalue weighted by Gasteiger charge is -2.05. The SMILES string of the molecule is CCc1n[nH]c(CNc2ccc(SC(F)F)cc2)n1. The van der Waals surface area contributed by atoms with Gasteiger partial charge in [-0.25, -0.2) is 4.98 Å². The summed E-state index contributed by atoms with van der Waals surface area (Å²) in [6, 6.07) is 6.86. The number of alkyl halides is 2. The Balaban J connectivity index is 1.89. The van der Waals surface area contributed by atoms with Gasteiger partial charge in [0, 0.05) is 17.0 Å². The number of nitrogens with one attached hydrogen (secondary N) is 2. The van der Waals surface area contributed by atoms with Gasteiger partial charge < -0.3 is 5.32 Å². The molecule has 2 rings (SSSR count). The summed E-state index contributed by atoms with van der Waals surface area (Å²) in [7, 11) is 0. The average Bonchev–Trinajstić information content (AvgIpc) is 2.85. The molecule has 0 radical (unpaired) electrons. The minimum Gasteiger partial charge on any atom is -0.378 e. The van der Waals surface area contributed by atoms with Gasteiger partial charge in [-0.1, -0.05) is 18.7 Å². The Morgan fingerprint density at radius 1 is 1.32 bits per heavy atom. The van der Waals surface area contributed by atoms with Gasteiger partial charge in [0.15, 0.2) is 5.82 Å². The molecule has 0 saturated heterocycles. The molecule has 1 aromatic heterocycles. The lowest BCUT2D eigenvalue weighted by atomic mass is 10.3. The number of aromatic amines is 1. The number of thioether (sulfide) groups is 1. The maximum atomic E-state index is 12.2. The fourth-order valence-corrected chi connectivity index (χ4v) is 2.01. The second-order valence-corrected chi connectivity index (χ2v) is 4.87. The van der Waals surface area contributed by atoms with Crippen LogP contribution in [0.15, 0.2) is 29.2 Å². The van der Waals surface area contributed by atoms with Crippen LogP contribution >= 0.6 is 11.8 Å². The predicted molar refractivity (Wildman–Crippen MR) is 71.4 cm³/mol. The Labute approximate surface area is 114 Å². The highest BCUT2D eigenvalue weighted by atomic mass is 32.2. The number of benzene rings is 1. The van der Waals surface area contributed by atoms with Crippen molar-refractivity contribution in [3.8, 4) is 0 Å². The smallest absolute Gasteiger partial charge is 0.288 e. The van der Waals surface area contributed by atoms with Crippen LogP contribution in [-0.4, -0.2) is 20.9 Å². The van der Waals surface area contributed by atoms with Crippen LogP contribution in [0.1, 0.15) is 18.6 Å². The van der Waals surface area contributed by atoms with Crippen LogP contribution in [0, 0.1) is 0 Å². The Kier molecular flexibility index (Phi) is 4.73. The lowest BCUT2D eigenvalue weighted by Crippen LogP contribution is -2.01. The number of nitrogens with zero attached hydrogens (tertiary/aromatic N) is 2. The van der Waals surface area contributed by atoms with Crippen molar-refractivity contribution in [2.45, 2.75) is 30.5 Å². The fourth-order valence-electron chi connectivity index (χ4n) is 1.51. The molecule has 0 bridgehead atoms. The summed E-state index contributed by atoms with van der Waals surface area (Å²) in [5.41, 5.74) is 0.855. The number of aromatic nitrogens is 3. The van der Waals surface area contributed by atoms with Crippen LogP contribution in [0.2, 0.25) is 0 Å². The van der Waals surface area contributed by atoms with Gasteiger partial charge in [0.05, 0.1) is 6.54 Å². The molecule has 19 heavy (non-hydrogen) atoms. The summed E-state index contributed by atoms with van der Waals surface area (Å²) >= 11 is 0.538. The Morgan fingerprint density at radius 3 is 2.63 bits per heavy atom. The van der Waals surface area contributed by atoms with E-state index < -0.39 is 5.76 Å². The fraction of sp³-hybridized carbons (Fsp3) is 0.333. The molecular formula is C12H14F2N4S. The molecule has 1 heterocycles. The molecule has 0 aliphatic heterocycles. The van der Waals surface area contributed by atoms with E-state index in [9.17, 15) is 8.78 Å². The van der Waals surface area contributed by atoms with E-state index in [2.05, 4.69) is 20.5 Å². The van der Waals surface area contributed by atoms with Crippen molar-refractivity contribution >= 4 is 17.4 Å². The zero-order chi connectivity index (χ0) is 13.7. The summed E-state index contributed by atoms with van der Waals surface area (Å²) in [4.78, 5) is 4.82. The Morgan fingerprint density at radius 2 is 2.05 bits per heavy atom. The maximum absolute atomic E-state index is 12.2. The lowest BCUT2D eigenvalue weighted by molar-refractivity contribution is 0.252. The number of anilines is 1. The van der Waals surface area contributed by atoms with Gasteiger partial charge >= 0.3 is 0 Å². The predicted octanol–water partition coefficient (Wildman–Crippen LogP) is 3.29. The van der Waals surface area contributed by atoms with E-state index in [-0.39, 0.29) is 0 Å². The molecule has 0 atom stereocenters. The van der Waals surface area contributed by atoms with E-state index in [1.54, 1.807) is 24.3 Å². The van der Waals surface area contributed by atoms with Crippen LogP contribution in [0.3, 0.4) is 0 Å². The molecule has 1 aromatic carbocycles. The molecule has 0 amide bonds. The molecule has 0 spiro atoms. The highest BCUT2D eigenvalue weighted by molar-refractivity contribution is 7.99. The van der Waals surface area contributed by atoms with Crippen molar-refractivity contribution in [1.82, 2.24) is 15.2 Å². The van der Waals surface area contributed by atoms with Gasteiger partial charge in [-0.15, -0.1) is 0 Å². The Hall–Kier alpha value is -1.63. The number of H-pyrrole nitrogens is 1. The second-order valence-electron chi connectivity index (χ2n) is 3.81. The third-order valence-electron chi connectivity index (χ3n) is 2.43. The normalized spacial score (nSPS) is 10.9. The van der Waals surface area contributed by atoms with Gasteiger partial charge in [0.25, 0.3) is 5.76 Å². The highest BCUT2D eigenvalue weighted by Crippen LogP contribution is 2.26. The first-order valence-electron chi connectivity index (χ1n) is 5.86. The first kappa shape index (κ1) is 13.8. The van der Waals surface area contributed by atoms with E-state index in [1.807, 2.05) is 6.92 Å². The molecule has 0 aliphatic rings. The maximum Gasteiger partial charge on any atom is 0.288 e. The number of hydrogen-bond acceptors (Lipinski definition) is 4. The quantitative estimate of drug-likeness (QED) is 0.799. The molecule has 0 fully saturated rings. The zero-order valence-electron chi connectivity index (χ0n) is 10.4. The second kappa shape index (κ2) is 6.51. The van der Waals surface area contributed by atoms with Crippen LogP contribution in [-0.2, 0) is 13.0 Å². The zero-order valence-corrected chi connectivity index (χ0v) is 11.2. The average molecular weight is 284 g/mol. The molecule has 0 unspecified atom stereocenters. The van der Waals surface area contributed by atoms with Crippen molar-refractivity contribution < 1.29 is 8.78 Å². The Bertz CT molecular complexity index is 513. The monoisotopic (exact) mass is 284 g/mol. The first-order chi connectivity index (χ1) is 9.17. The van der Waals surface area contributed by atoms with Crippen molar-refractivity contribution in [3.05, 3.63) is 35.9 Å². The molecule has 0 saturated carbocycles. The van der Waals surface area contributed by atoms with Gasteiger partial charge in [-0.05, 0) is 24.3 Å². The number of rotatable bonds is 6. The summed E-state index contributed by atoms with van der Waals surface area (Å²) in [5.74, 6) is -0.858. The third kappa shape index (κ3) is 4.20. The summed E-state index contributed by atoms with van der Waals surface area (Å²) < 4.78 is 24.3. The van der Waals surface area contributed by atoms with Crippen LogP contribution in [0.25, 0.3) is 0 Å². The van der Waals surface area contributed by atoms with Crippen LogP contribution < -0.4 is 5.32 Å². The van der Waals surface area contributed by atoms with Gasteiger partial charge in [-0.2, -0.15) is 13.9 Å². The number of hydrogen-bond donors (Lipinski definition) is 2. The van der Waals surface area contributed by atoms with Gasteiger partial charge in [0.2, 0.25) is 0 Å². The molecule has 2 aromatic rings. The highest BCUT2D eigenvalue weighted by Gasteiger charge is 2.05. The number of halogens is 2. The van der Waals surface area contributed by atoms with Crippen molar-refractivity contribution in [2.75, 3.05) is 5.32 Å². The largest absolute Gasteiger partial charge is 0.378 e. The summed E-state index contributed by atoms with van der Waals surface area (Å²) in [6.07, 6.45) is 0.788. The first-order valence-corrected chi connectivity index (χ1v) is 6.74. The van der Waals surface area contributed by atoms with Crippen molar-refractivity contribution in [3.63, 3.8) is 0 Å². The topological polar surface area (TPSA) is 53.6 Å². The third-order valence-corrected chi connectivity index (χ3v) is 3.16. The standard InChI is InChI=1S/C12H14F2N4S/c1-2-10-16-11(18-17-10)7-15-8-3-5-9(6-4-8)19-12(13)14/h3-6,12,15H,2,7H2,1H3,(H,16,17,18). The minimum absolute atomic E-state index is 0.522. The van der Waals surface area contributed by atoms with Crippen LogP contribution in [0.4, 0.5) is 14.5 Å². The molecule has 2 N–H and O–H groups in total. The molecule has 102 valence electrons. The van der Waals surface area contributed by atoms with E-state index in [1.165, 1.54) is 0 Å². The van der Waals surface area contributed by atoms with E-state index in [0.717, 1.165) is 23.8 Å². The molecule has 0 aliphatic carbocycles. The molecule has 4 nitrogen and oxygen atoms in total. The summed E-state index contributed by atoms with van der Waals surface area (Å²) in [6.45, 7) is 2.51. The van der Waals surface area contributed by atoms with Crippen molar-refractivity contribution in [1.29, 1.82) is 0 Å². The molecular weight excluding hydrogens is 270 g/mol. The van der Waals surface area contributed by atoms with Crippen LogP contribution in [0.5, 0.6) is 0 Å². The van der Waals surface area contributed by atoms with E-state index in [4.69, 9.17) is 0 Å². The minimum atomic E-state index is -2.39.